The zero-order valence-electron chi connectivity index (χ0n) is 22.6. The Balaban J connectivity index is 3.01. The van der Waals surface area contributed by atoms with E-state index in [2.05, 4.69) is 26.2 Å². The Labute approximate surface area is 203 Å². The topological polar surface area (TPSA) is 83.1 Å². The lowest BCUT2D eigenvalue weighted by Gasteiger charge is -2.48. The van der Waals surface area contributed by atoms with Gasteiger partial charge in [-0.2, -0.15) is 0 Å². The van der Waals surface area contributed by atoms with E-state index < -0.39 is 60.2 Å². The van der Waals surface area contributed by atoms with Gasteiger partial charge in [0.1, 0.15) is 0 Å². The fourth-order valence-electron chi connectivity index (χ4n) is 4.40. The van der Waals surface area contributed by atoms with Crippen molar-refractivity contribution in [3.63, 3.8) is 0 Å². The molecule has 0 N–H and O–H groups in total. The molecular formula is C16H46O9Si7. The Morgan fingerprint density at radius 2 is 0.969 bits per heavy atom. The lowest BCUT2D eigenvalue weighted by atomic mass is 10.9. The molecule has 0 aromatic heterocycles. The van der Waals surface area contributed by atoms with Gasteiger partial charge < -0.3 is 38.0 Å². The molecule has 0 saturated carbocycles. The molecule has 0 amide bonds. The Bertz CT molecular complexity index is 597. The van der Waals surface area contributed by atoms with Crippen LogP contribution in [0.4, 0.5) is 0 Å². The van der Waals surface area contributed by atoms with Crippen LogP contribution in [0.15, 0.2) is 0 Å². The summed E-state index contributed by atoms with van der Waals surface area (Å²) in [6.45, 7) is 22.7. The van der Waals surface area contributed by atoms with E-state index in [0.29, 0.717) is 6.04 Å². The second-order valence-corrected chi connectivity index (χ2v) is 35.6. The number of rotatable bonds is 10. The molecule has 0 radical (unpaired) electrons. The lowest BCUT2D eigenvalue weighted by Crippen LogP contribution is -2.68. The Kier molecular flexibility index (Phi) is 10.4. The molecule has 0 unspecified atom stereocenters. The molecule has 0 spiro atoms. The van der Waals surface area contributed by atoms with Crippen molar-refractivity contribution in [2.75, 3.05) is 21.3 Å². The molecule has 9 nitrogen and oxygen atoms in total. The van der Waals surface area contributed by atoms with Crippen LogP contribution in [0.5, 0.6) is 0 Å². The van der Waals surface area contributed by atoms with Gasteiger partial charge in [-0.05, 0) is 71.5 Å². The van der Waals surface area contributed by atoms with E-state index in [4.69, 9.17) is 38.0 Å². The van der Waals surface area contributed by atoms with Gasteiger partial charge >= 0.3 is 51.9 Å². The lowest BCUT2D eigenvalue weighted by molar-refractivity contribution is 0.124. The first-order chi connectivity index (χ1) is 14.1. The van der Waals surface area contributed by atoms with Gasteiger partial charge in [-0.15, -0.1) is 0 Å². The molecule has 1 saturated heterocycles. The molecule has 0 bridgehead atoms. The fraction of sp³-hybridized carbons (Fsp3) is 1.00. The zero-order chi connectivity index (χ0) is 25.3. The van der Waals surface area contributed by atoms with Crippen molar-refractivity contribution in [1.82, 2.24) is 0 Å². The summed E-state index contributed by atoms with van der Waals surface area (Å²) in [4.78, 5) is 0. The maximum absolute atomic E-state index is 6.72. The van der Waals surface area contributed by atoms with Crippen LogP contribution in [-0.4, -0.2) is 81.5 Å². The van der Waals surface area contributed by atoms with Crippen molar-refractivity contribution in [3.8, 4) is 0 Å². The highest BCUT2D eigenvalue weighted by molar-refractivity contribution is 6.94. The molecule has 0 aliphatic carbocycles. The van der Waals surface area contributed by atoms with Crippen LogP contribution in [0.3, 0.4) is 0 Å². The molecule has 16 heteroatoms. The minimum absolute atomic E-state index is 0.698. The molecular weight excluding hydrogens is 533 g/mol. The monoisotopic (exact) mass is 578 g/mol. The second-order valence-electron chi connectivity index (χ2n) is 10.6. The molecule has 0 atom stereocenters. The molecule has 1 rings (SSSR count). The van der Waals surface area contributed by atoms with E-state index in [1.54, 1.807) is 21.3 Å². The van der Waals surface area contributed by atoms with Crippen molar-refractivity contribution in [1.29, 1.82) is 0 Å². The number of hydrogen-bond acceptors (Lipinski definition) is 9. The maximum atomic E-state index is 6.72. The van der Waals surface area contributed by atoms with Crippen LogP contribution in [-0.2, 0) is 38.0 Å². The summed E-state index contributed by atoms with van der Waals surface area (Å²) in [7, 11) is -12.9. The van der Waals surface area contributed by atoms with E-state index in [1.165, 1.54) is 0 Å². The first-order valence-corrected chi connectivity index (χ1v) is 29.5. The van der Waals surface area contributed by atoms with Gasteiger partial charge in [-0.1, -0.05) is 0 Å². The summed E-state index contributed by atoms with van der Waals surface area (Å²) < 4.78 is 56.1. The minimum atomic E-state index is -3.08. The van der Waals surface area contributed by atoms with Crippen LogP contribution >= 0.6 is 0 Å². The predicted octanol–water partition coefficient (Wildman–Crippen LogP) is 4.56. The van der Waals surface area contributed by atoms with Crippen molar-refractivity contribution in [2.45, 2.75) is 84.1 Å². The van der Waals surface area contributed by atoms with Gasteiger partial charge in [0.05, 0.1) is 0 Å². The largest absolute Gasteiger partial charge is 0.499 e. The smallest absolute Gasteiger partial charge is 0.436 e. The summed E-state index contributed by atoms with van der Waals surface area (Å²) >= 11 is 0. The highest BCUT2D eigenvalue weighted by atomic mass is 28.6. The SMILES string of the molecule is CO[Si](CC[Si](C)(C)O[Si](C)(C)O[Si]1(C)O[Si](C)(C)O[Si](C)(C)O[Si](C)(C)O1)(OC)OC. The zero-order valence-corrected chi connectivity index (χ0v) is 29.6. The molecule has 1 fully saturated rings. The summed E-state index contributed by atoms with van der Waals surface area (Å²) in [6.07, 6.45) is 0. The minimum Gasteiger partial charge on any atom is -0.436 e. The molecule has 1 aliphatic rings. The molecule has 1 aliphatic heterocycles. The first-order valence-electron chi connectivity index (χ1n) is 11.0. The van der Waals surface area contributed by atoms with Crippen molar-refractivity contribution in [2.24, 2.45) is 0 Å². The number of hydrogen-bond donors (Lipinski definition) is 0. The van der Waals surface area contributed by atoms with Gasteiger partial charge in [0, 0.05) is 33.9 Å². The van der Waals surface area contributed by atoms with Crippen molar-refractivity contribution >= 4 is 60.2 Å². The van der Waals surface area contributed by atoms with Crippen molar-refractivity contribution < 1.29 is 38.0 Å². The summed E-state index contributed by atoms with van der Waals surface area (Å²) in [5.41, 5.74) is 0. The molecule has 0 aromatic rings. The van der Waals surface area contributed by atoms with Crippen LogP contribution < -0.4 is 0 Å². The summed E-state index contributed by atoms with van der Waals surface area (Å²) in [6, 6.07) is 1.53. The van der Waals surface area contributed by atoms with E-state index in [1.807, 2.05) is 45.8 Å². The molecule has 192 valence electrons. The van der Waals surface area contributed by atoms with Crippen LogP contribution in [0, 0.1) is 0 Å². The summed E-state index contributed by atoms with van der Waals surface area (Å²) in [5, 5.41) is 0. The van der Waals surface area contributed by atoms with Gasteiger partial charge in [0.15, 0.2) is 8.32 Å². The fourth-order valence-corrected chi connectivity index (χ4v) is 38.9. The van der Waals surface area contributed by atoms with Crippen LogP contribution in [0.1, 0.15) is 0 Å². The standard InChI is InChI=1S/C16H46O9Si7/c1-17-32(18-2,19-3)16-15-26(4,5)20-27(6,7)23-31(14)24-29(10,11)21-28(8,9)22-30(12,13)25-31/h15-16H2,1-14H3. The van der Waals surface area contributed by atoms with Gasteiger partial charge in [-0.25, -0.2) is 0 Å². The quantitative estimate of drug-likeness (QED) is 0.346. The van der Waals surface area contributed by atoms with E-state index >= 15 is 0 Å². The van der Waals surface area contributed by atoms with Gasteiger partial charge in [0.2, 0.25) is 0 Å². The van der Waals surface area contributed by atoms with Gasteiger partial charge in [-0.3, -0.25) is 0 Å². The molecule has 1 heterocycles. The van der Waals surface area contributed by atoms with Crippen molar-refractivity contribution in [3.05, 3.63) is 0 Å². The third-order valence-electron chi connectivity index (χ3n) is 4.77. The molecule has 0 aromatic carbocycles. The third kappa shape index (κ3) is 10.0. The van der Waals surface area contributed by atoms with Crippen LogP contribution in [0.2, 0.25) is 84.1 Å². The first kappa shape index (κ1) is 31.2. The summed E-state index contributed by atoms with van der Waals surface area (Å²) in [5.74, 6) is 0. The normalized spacial score (nSPS) is 23.4. The van der Waals surface area contributed by atoms with E-state index in [0.717, 1.165) is 6.04 Å². The average molecular weight is 579 g/mol. The third-order valence-corrected chi connectivity index (χ3v) is 31.8. The Hall–Kier alpha value is 1.16. The van der Waals surface area contributed by atoms with Crippen LogP contribution in [0.25, 0.3) is 0 Å². The van der Waals surface area contributed by atoms with E-state index in [9.17, 15) is 0 Å². The average Bonchev–Trinajstić information content (AvgIpc) is 2.49. The highest BCUT2D eigenvalue weighted by Crippen LogP contribution is 2.34. The Morgan fingerprint density at radius 3 is 1.34 bits per heavy atom. The second kappa shape index (κ2) is 10.6. The van der Waals surface area contributed by atoms with Gasteiger partial charge in [0.25, 0.3) is 0 Å². The molecule has 32 heavy (non-hydrogen) atoms. The maximum Gasteiger partial charge on any atom is 0.499 e. The van der Waals surface area contributed by atoms with E-state index in [-0.39, 0.29) is 0 Å². The Morgan fingerprint density at radius 1 is 0.594 bits per heavy atom. The predicted molar refractivity (Wildman–Crippen MR) is 142 cm³/mol. The highest BCUT2D eigenvalue weighted by Gasteiger charge is 2.56.